The number of likely N-dealkylation sites (tertiary alicyclic amines) is 1. The molecule has 1 aromatic rings. The molecule has 1 saturated heterocycles. The van der Waals surface area contributed by atoms with Crippen molar-refractivity contribution < 1.29 is 19.5 Å². The van der Waals surface area contributed by atoms with Gasteiger partial charge in [-0.25, -0.2) is 0 Å². The lowest BCUT2D eigenvalue weighted by Crippen LogP contribution is -2.58. The van der Waals surface area contributed by atoms with E-state index in [4.69, 9.17) is 5.26 Å². The number of hydrogen-bond donors (Lipinski definition) is 3. The van der Waals surface area contributed by atoms with Crippen LogP contribution in [0.5, 0.6) is 0 Å². The van der Waals surface area contributed by atoms with E-state index in [1.807, 2.05) is 48.5 Å². The number of carbonyl (C=O) groups excluding carboxylic acids is 3. The SMILES string of the molecule is CC(C)CC(C)C(=O)NC(C(=O)N1CC(O)CC1C(=O)NC(C)c1ccc(C#N)cc1)C(C)(C)C. The van der Waals surface area contributed by atoms with Crippen LogP contribution in [0.25, 0.3) is 0 Å². The van der Waals surface area contributed by atoms with Crippen LogP contribution in [-0.2, 0) is 14.4 Å². The van der Waals surface area contributed by atoms with Gasteiger partial charge in [0.25, 0.3) is 0 Å². The Hall–Kier alpha value is -2.92. The summed E-state index contributed by atoms with van der Waals surface area (Å²) in [5.41, 5.74) is 0.767. The van der Waals surface area contributed by atoms with Gasteiger partial charge in [0.15, 0.2) is 0 Å². The van der Waals surface area contributed by atoms with Crippen molar-refractivity contribution in [1.29, 1.82) is 5.26 Å². The minimum Gasteiger partial charge on any atom is -0.391 e. The fourth-order valence-corrected chi connectivity index (χ4v) is 4.46. The van der Waals surface area contributed by atoms with Crippen molar-refractivity contribution in [1.82, 2.24) is 15.5 Å². The molecule has 0 bridgehead atoms. The normalized spacial score (nSPS) is 20.6. The summed E-state index contributed by atoms with van der Waals surface area (Å²) in [4.78, 5) is 41.1. The number of carbonyl (C=O) groups is 3. The molecular weight excluding hydrogens is 444 g/mol. The fraction of sp³-hybridized carbons (Fsp3) is 0.630. The molecule has 1 aliphatic rings. The summed E-state index contributed by atoms with van der Waals surface area (Å²) in [5, 5.41) is 25.2. The van der Waals surface area contributed by atoms with E-state index in [1.54, 1.807) is 24.3 Å². The second-order valence-electron chi connectivity index (χ2n) is 11.2. The average Bonchev–Trinajstić information content (AvgIpc) is 3.17. The smallest absolute Gasteiger partial charge is 0.246 e. The molecule has 192 valence electrons. The van der Waals surface area contributed by atoms with Crippen LogP contribution >= 0.6 is 0 Å². The molecule has 0 aromatic heterocycles. The van der Waals surface area contributed by atoms with Crippen molar-refractivity contribution >= 4 is 17.7 Å². The van der Waals surface area contributed by atoms with Crippen LogP contribution in [0.1, 0.15) is 78.5 Å². The summed E-state index contributed by atoms with van der Waals surface area (Å²) < 4.78 is 0. The zero-order valence-electron chi connectivity index (χ0n) is 22.0. The van der Waals surface area contributed by atoms with Crippen LogP contribution < -0.4 is 10.6 Å². The van der Waals surface area contributed by atoms with Crippen LogP contribution in [0, 0.1) is 28.6 Å². The van der Waals surface area contributed by atoms with Gasteiger partial charge in [-0.05, 0) is 42.4 Å². The number of benzene rings is 1. The van der Waals surface area contributed by atoms with E-state index < -0.39 is 23.6 Å². The second-order valence-corrected chi connectivity index (χ2v) is 11.2. The number of aliphatic hydroxyl groups excluding tert-OH is 1. The Bertz CT molecular complexity index is 945. The van der Waals surface area contributed by atoms with Gasteiger partial charge in [0.05, 0.1) is 23.8 Å². The van der Waals surface area contributed by atoms with Crippen LogP contribution in [0.15, 0.2) is 24.3 Å². The van der Waals surface area contributed by atoms with Crippen LogP contribution in [-0.4, -0.2) is 52.5 Å². The molecule has 0 aliphatic carbocycles. The molecule has 1 aliphatic heterocycles. The second kappa shape index (κ2) is 11.7. The van der Waals surface area contributed by atoms with Gasteiger partial charge in [-0.2, -0.15) is 5.26 Å². The van der Waals surface area contributed by atoms with Gasteiger partial charge in [-0.15, -0.1) is 0 Å². The number of nitrogens with one attached hydrogen (secondary N) is 2. The molecule has 1 fully saturated rings. The predicted octanol–water partition coefficient (Wildman–Crippen LogP) is 2.91. The summed E-state index contributed by atoms with van der Waals surface area (Å²) >= 11 is 0. The van der Waals surface area contributed by atoms with Crippen molar-refractivity contribution in [3.8, 4) is 6.07 Å². The quantitative estimate of drug-likeness (QED) is 0.524. The van der Waals surface area contributed by atoms with E-state index in [0.29, 0.717) is 17.9 Å². The number of rotatable bonds is 8. The Balaban J connectivity index is 2.18. The van der Waals surface area contributed by atoms with E-state index in [0.717, 1.165) is 5.56 Å². The Kier molecular flexibility index (Phi) is 9.45. The zero-order valence-corrected chi connectivity index (χ0v) is 22.0. The van der Waals surface area contributed by atoms with E-state index in [2.05, 4.69) is 16.7 Å². The average molecular weight is 485 g/mol. The number of β-amino-alcohol motifs (C(OH)–C–C–N with tert-alkyl or cyclic N) is 1. The van der Waals surface area contributed by atoms with Gasteiger partial charge < -0.3 is 20.6 Å². The highest BCUT2D eigenvalue weighted by Gasteiger charge is 2.44. The first-order valence-corrected chi connectivity index (χ1v) is 12.3. The topological polar surface area (TPSA) is 123 Å². The highest BCUT2D eigenvalue weighted by molar-refractivity contribution is 5.93. The van der Waals surface area contributed by atoms with Gasteiger partial charge in [0.2, 0.25) is 17.7 Å². The van der Waals surface area contributed by atoms with Gasteiger partial charge in [-0.3, -0.25) is 14.4 Å². The first-order chi connectivity index (χ1) is 16.2. The lowest BCUT2D eigenvalue weighted by molar-refractivity contribution is -0.144. The van der Waals surface area contributed by atoms with Crippen molar-refractivity contribution in [2.75, 3.05) is 6.54 Å². The Labute approximate surface area is 209 Å². The highest BCUT2D eigenvalue weighted by atomic mass is 16.3. The first-order valence-electron chi connectivity index (χ1n) is 12.3. The number of nitriles is 1. The van der Waals surface area contributed by atoms with E-state index in [-0.39, 0.29) is 42.6 Å². The molecule has 0 spiro atoms. The third-order valence-corrected chi connectivity index (χ3v) is 6.44. The minimum atomic E-state index is -0.840. The van der Waals surface area contributed by atoms with Crippen molar-refractivity contribution in [2.24, 2.45) is 17.3 Å². The molecule has 1 aromatic carbocycles. The van der Waals surface area contributed by atoms with Crippen LogP contribution in [0.4, 0.5) is 0 Å². The lowest BCUT2D eigenvalue weighted by Gasteiger charge is -2.36. The minimum absolute atomic E-state index is 0.0339. The molecule has 1 heterocycles. The Morgan fingerprint density at radius 3 is 2.23 bits per heavy atom. The molecule has 8 heteroatoms. The maximum atomic E-state index is 13.6. The van der Waals surface area contributed by atoms with Crippen molar-refractivity contribution in [3.63, 3.8) is 0 Å². The fourth-order valence-electron chi connectivity index (χ4n) is 4.46. The highest BCUT2D eigenvalue weighted by Crippen LogP contribution is 2.27. The van der Waals surface area contributed by atoms with E-state index in [1.165, 1.54) is 4.90 Å². The maximum Gasteiger partial charge on any atom is 0.246 e. The summed E-state index contributed by atoms with van der Waals surface area (Å²) in [6.07, 6.45) is 0.0141. The molecule has 3 N–H and O–H groups in total. The molecule has 0 saturated carbocycles. The predicted molar refractivity (Wildman–Crippen MR) is 134 cm³/mol. The molecule has 5 unspecified atom stereocenters. The third kappa shape index (κ3) is 7.53. The number of aliphatic hydroxyl groups is 1. The first kappa shape index (κ1) is 28.3. The molecule has 8 nitrogen and oxygen atoms in total. The summed E-state index contributed by atoms with van der Waals surface area (Å²) in [6.45, 7) is 13.4. The summed E-state index contributed by atoms with van der Waals surface area (Å²) in [5.74, 6) is -0.824. The molecule has 5 atom stereocenters. The summed E-state index contributed by atoms with van der Waals surface area (Å²) in [7, 11) is 0. The maximum absolute atomic E-state index is 13.6. The zero-order chi connectivity index (χ0) is 26.5. The van der Waals surface area contributed by atoms with Gasteiger partial charge in [0.1, 0.15) is 12.1 Å². The molecule has 35 heavy (non-hydrogen) atoms. The van der Waals surface area contributed by atoms with Gasteiger partial charge >= 0.3 is 0 Å². The van der Waals surface area contributed by atoms with Crippen molar-refractivity contribution in [3.05, 3.63) is 35.4 Å². The van der Waals surface area contributed by atoms with Crippen LogP contribution in [0.2, 0.25) is 0 Å². The van der Waals surface area contributed by atoms with E-state index >= 15 is 0 Å². The third-order valence-electron chi connectivity index (χ3n) is 6.44. The Morgan fingerprint density at radius 2 is 1.71 bits per heavy atom. The molecule has 3 amide bonds. The number of hydrogen-bond acceptors (Lipinski definition) is 5. The molecule has 2 rings (SSSR count). The van der Waals surface area contributed by atoms with Gasteiger partial charge in [0, 0.05) is 18.9 Å². The van der Waals surface area contributed by atoms with Crippen molar-refractivity contribution in [2.45, 2.75) is 85.5 Å². The summed E-state index contributed by atoms with van der Waals surface area (Å²) in [6, 6.07) is 6.97. The van der Waals surface area contributed by atoms with Gasteiger partial charge in [-0.1, -0.05) is 53.7 Å². The van der Waals surface area contributed by atoms with E-state index in [9.17, 15) is 19.5 Å². The number of nitrogens with zero attached hydrogens (tertiary/aromatic N) is 2. The Morgan fingerprint density at radius 1 is 1.11 bits per heavy atom. The molecule has 0 radical (unpaired) electrons. The lowest BCUT2D eigenvalue weighted by atomic mass is 9.85. The molecular formula is C27H40N4O4. The largest absolute Gasteiger partial charge is 0.391 e. The standard InChI is InChI=1S/C27H40N4O4/c1-16(2)12-17(3)24(33)30-23(27(5,6)7)26(35)31-15-21(32)13-22(31)25(34)29-18(4)20-10-8-19(14-28)9-11-20/h8-11,16-18,21-23,32H,12-13,15H2,1-7H3,(H,29,34)(H,30,33). The monoisotopic (exact) mass is 484 g/mol. The number of amides is 3. The van der Waals surface area contributed by atoms with Crippen LogP contribution in [0.3, 0.4) is 0 Å².